The van der Waals surface area contributed by atoms with Crippen LogP contribution in [0, 0.1) is 6.92 Å². The summed E-state index contributed by atoms with van der Waals surface area (Å²) in [7, 11) is 0.144. The van der Waals surface area contributed by atoms with Gasteiger partial charge >= 0.3 is 0 Å². The van der Waals surface area contributed by atoms with Crippen molar-refractivity contribution >= 4 is 10.0 Å². The topological polar surface area (TPSA) is 93.0 Å². The van der Waals surface area contributed by atoms with Crippen molar-refractivity contribution in [2.45, 2.75) is 37.4 Å². The van der Waals surface area contributed by atoms with Crippen LogP contribution in [-0.2, 0) is 23.6 Å². The van der Waals surface area contributed by atoms with Gasteiger partial charge in [-0.1, -0.05) is 0 Å². The van der Waals surface area contributed by atoms with Gasteiger partial charge in [-0.2, -0.15) is 0 Å². The third kappa shape index (κ3) is 3.47. The second-order valence-corrected chi connectivity index (χ2v) is 7.88. The van der Waals surface area contributed by atoms with Crippen LogP contribution in [-0.4, -0.2) is 46.4 Å². The Morgan fingerprint density at radius 2 is 2.12 bits per heavy atom. The zero-order valence-electron chi connectivity index (χ0n) is 14.1. The van der Waals surface area contributed by atoms with E-state index in [0.29, 0.717) is 5.82 Å². The molecule has 1 aliphatic heterocycles. The Hall–Kier alpha value is -1.84. The molecule has 0 aliphatic carbocycles. The lowest BCUT2D eigenvalue weighted by Crippen LogP contribution is -2.26. The zero-order chi connectivity index (χ0) is 17.3. The molecule has 0 spiro atoms. The van der Waals surface area contributed by atoms with Crippen molar-refractivity contribution in [3.8, 4) is 0 Å². The summed E-state index contributed by atoms with van der Waals surface area (Å²) in [5, 5.41) is 0.0116. The van der Waals surface area contributed by atoms with Crippen molar-refractivity contribution in [1.82, 2.24) is 29.1 Å². The van der Waals surface area contributed by atoms with Crippen molar-refractivity contribution < 1.29 is 8.42 Å². The fraction of sp³-hybridized carbons (Fsp3) is 0.533. The van der Waals surface area contributed by atoms with Gasteiger partial charge in [0.2, 0.25) is 0 Å². The van der Waals surface area contributed by atoms with Crippen LogP contribution in [0.15, 0.2) is 23.7 Å². The molecule has 0 saturated carbocycles. The van der Waals surface area contributed by atoms with Gasteiger partial charge in [0.15, 0.2) is 5.03 Å². The number of imidazole rings is 1. The zero-order valence-corrected chi connectivity index (χ0v) is 14.9. The molecule has 8 nitrogen and oxygen atoms in total. The Bertz CT molecular complexity index is 832. The average molecular weight is 350 g/mol. The third-order valence-corrected chi connectivity index (χ3v) is 5.55. The Morgan fingerprint density at radius 3 is 2.75 bits per heavy atom. The number of nitrogens with one attached hydrogen (secondary N) is 1. The first-order valence-electron chi connectivity index (χ1n) is 7.87. The van der Waals surface area contributed by atoms with Crippen molar-refractivity contribution in [2.24, 2.45) is 7.05 Å². The highest BCUT2D eigenvalue weighted by atomic mass is 32.2. The largest absolute Gasteiger partial charge is 0.339 e. The van der Waals surface area contributed by atoms with E-state index in [-0.39, 0.29) is 17.6 Å². The van der Waals surface area contributed by atoms with Crippen LogP contribution in [0.2, 0.25) is 0 Å². The van der Waals surface area contributed by atoms with Gasteiger partial charge in [0.1, 0.15) is 5.82 Å². The van der Waals surface area contributed by atoms with Crippen molar-refractivity contribution in [3.63, 3.8) is 0 Å². The second-order valence-electron chi connectivity index (χ2n) is 6.17. The quantitative estimate of drug-likeness (QED) is 0.856. The molecule has 1 N–H and O–H groups in total. The van der Waals surface area contributed by atoms with Gasteiger partial charge in [0.05, 0.1) is 18.1 Å². The minimum absolute atomic E-state index is 0.0116. The maximum atomic E-state index is 12.3. The number of nitrogens with zero attached hydrogens (tertiary/aromatic N) is 5. The first-order chi connectivity index (χ1) is 11.4. The second kappa shape index (κ2) is 6.58. The number of hydrogen-bond acceptors (Lipinski definition) is 6. The van der Waals surface area contributed by atoms with E-state index in [4.69, 9.17) is 0 Å². The van der Waals surface area contributed by atoms with E-state index < -0.39 is 10.0 Å². The molecule has 1 fully saturated rings. The molecule has 1 aliphatic rings. The summed E-state index contributed by atoms with van der Waals surface area (Å²) in [4.78, 5) is 15.0. The van der Waals surface area contributed by atoms with Crippen LogP contribution < -0.4 is 4.72 Å². The minimum atomic E-state index is -3.65. The van der Waals surface area contributed by atoms with Gasteiger partial charge in [0.25, 0.3) is 10.0 Å². The first kappa shape index (κ1) is 17.0. The molecule has 1 atom stereocenters. The van der Waals surface area contributed by atoms with Gasteiger partial charge in [-0.05, 0) is 33.4 Å². The highest BCUT2D eigenvalue weighted by Gasteiger charge is 2.27. The first-order valence-corrected chi connectivity index (χ1v) is 9.35. The number of aryl methyl sites for hydroxylation is 2. The molecule has 0 aromatic carbocycles. The molecule has 1 saturated heterocycles. The van der Waals surface area contributed by atoms with Gasteiger partial charge in [0, 0.05) is 31.5 Å². The van der Waals surface area contributed by atoms with E-state index in [9.17, 15) is 8.42 Å². The van der Waals surface area contributed by atoms with Crippen LogP contribution in [0.3, 0.4) is 0 Å². The van der Waals surface area contributed by atoms with E-state index in [1.165, 1.54) is 12.5 Å². The summed E-state index contributed by atoms with van der Waals surface area (Å²) in [5.41, 5.74) is 1.71. The SMILES string of the molecule is Cc1ncc(CNS(=O)(=O)c2cn(C)cn2)c(C2CCCN2C)n1. The Balaban J connectivity index is 1.83. The fourth-order valence-corrected chi connectivity index (χ4v) is 3.95. The molecule has 3 rings (SSSR count). The molecule has 3 heterocycles. The summed E-state index contributed by atoms with van der Waals surface area (Å²) >= 11 is 0. The summed E-state index contributed by atoms with van der Waals surface area (Å²) < 4.78 is 28.9. The maximum Gasteiger partial charge on any atom is 0.259 e. The van der Waals surface area contributed by atoms with Gasteiger partial charge < -0.3 is 4.57 Å². The lowest BCUT2D eigenvalue weighted by atomic mass is 10.1. The normalized spacial score (nSPS) is 19.0. The molecule has 0 amide bonds. The van der Waals surface area contributed by atoms with E-state index >= 15 is 0 Å². The third-order valence-electron chi connectivity index (χ3n) is 4.26. The van der Waals surface area contributed by atoms with Crippen LogP contribution in [0.25, 0.3) is 0 Å². The van der Waals surface area contributed by atoms with Crippen LogP contribution in [0.4, 0.5) is 0 Å². The van der Waals surface area contributed by atoms with E-state index in [1.54, 1.807) is 17.8 Å². The van der Waals surface area contributed by atoms with Crippen molar-refractivity contribution in [3.05, 3.63) is 35.8 Å². The number of rotatable bonds is 5. The van der Waals surface area contributed by atoms with E-state index in [2.05, 4.69) is 31.6 Å². The minimum Gasteiger partial charge on any atom is -0.339 e. The highest BCUT2D eigenvalue weighted by molar-refractivity contribution is 7.89. The number of aromatic nitrogens is 4. The summed E-state index contributed by atoms with van der Waals surface area (Å²) in [6.45, 7) is 3.02. The smallest absolute Gasteiger partial charge is 0.259 e. The molecule has 9 heteroatoms. The van der Waals surface area contributed by atoms with Gasteiger partial charge in [-0.3, -0.25) is 4.90 Å². The highest BCUT2D eigenvalue weighted by Crippen LogP contribution is 2.31. The molecule has 24 heavy (non-hydrogen) atoms. The molecule has 130 valence electrons. The summed E-state index contributed by atoms with van der Waals surface area (Å²) in [6, 6.07) is 0.209. The standard InChI is InChI=1S/C15H22N6O2S/c1-11-16-7-12(15(19-11)13-5-4-6-21(13)3)8-18-24(22,23)14-9-20(2)10-17-14/h7,9-10,13,18H,4-6,8H2,1-3H3. The maximum absolute atomic E-state index is 12.3. The van der Waals surface area contributed by atoms with E-state index in [1.807, 2.05) is 6.92 Å². The molecular formula is C15H22N6O2S. The molecule has 2 aromatic heterocycles. The average Bonchev–Trinajstić information content (AvgIpc) is 3.15. The molecular weight excluding hydrogens is 328 g/mol. The van der Waals surface area contributed by atoms with Crippen molar-refractivity contribution in [1.29, 1.82) is 0 Å². The lowest BCUT2D eigenvalue weighted by molar-refractivity contribution is 0.309. The fourth-order valence-electron chi connectivity index (χ4n) is 2.97. The predicted molar refractivity (Wildman–Crippen MR) is 88.6 cm³/mol. The summed E-state index contributed by atoms with van der Waals surface area (Å²) in [5.74, 6) is 0.696. The van der Waals surface area contributed by atoms with E-state index in [0.717, 1.165) is 30.6 Å². The molecule has 0 radical (unpaired) electrons. The lowest BCUT2D eigenvalue weighted by Gasteiger charge is -2.21. The van der Waals surface area contributed by atoms with Crippen LogP contribution in [0.5, 0.6) is 0 Å². The summed E-state index contributed by atoms with van der Waals surface area (Å²) in [6.07, 6.45) is 6.78. The van der Waals surface area contributed by atoms with Gasteiger partial charge in [-0.15, -0.1) is 0 Å². The molecule has 0 bridgehead atoms. The number of sulfonamides is 1. The van der Waals surface area contributed by atoms with Gasteiger partial charge in [-0.25, -0.2) is 28.1 Å². The molecule has 2 aromatic rings. The predicted octanol–water partition coefficient (Wildman–Crippen LogP) is 0.764. The van der Waals surface area contributed by atoms with Crippen LogP contribution in [0.1, 0.15) is 36.0 Å². The number of likely N-dealkylation sites (tertiary alicyclic amines) is 1. The Labute approximate surface area is 142 Å². The van der Waals surface area contributed by atoms with Crippen molar-refractivity contribution in [2.75, 3.05) is 13.6 Å². The Kier molecular flexibility index (Phi) is 4.66. The Morgan fingerprint density at radius 1 is 1.33 bits per heavy atom. The van der Waals surface area contributed by atoms with Crippen LogP contribution >= 0.6 is 0 Å². The monoisotopic (exact) mass is 350 g/mol. The number of hydrogen-bond donors (Lipinski definition) is 1. The molecule has 1 unspecified atom stereocenters.